The summed E-state index contributed by atoms with van der Waals surface area (Å²) in [6, 6.07) is 3.78. The van der Waals surface area contributed by atoms with Crippen LogP contribution in [0.4, 0.5) is 0 Å². The van der Waals surface area contributed by atoms with E-state index < -0.39 is 0 Å². The minimum absolute atomic E-state index is 0.341. The fourth-order valence-electron chi connectivity index (χ4n) is 2.18. The number of hydrogen-bond acceptors (Lipinski definition) is 3. The number of hydrogen-bond donors (Lipinski definition) is 1. The van der Waals surface area contributed by atoms with Gasteiger partial charge < -0.3 is 14.8 Å². The van der Waals surface area contributed by atoms with Crippen molar-refractivity contribution < 1.29 is 9.47 Å². The molecule has 1 atom stereocenters. The number of rotatable bonds is 6. The molecule has 1 aliphatic rings. The highest BCUT2D eigenvalue weighted by Crippen LogP contribution is 2.34. The van der Waals surface area contributed by atoms with Crippen LogP contribution in [0.3, 0.4) is 0 Å². The quantitative estimate of drug-likeness (QED) is 0.870. The van der Waals surface area contributed by atoms with Crippen LogP contribution in [-0.2, 0) is 11.3 Å². The predicted molar refractivity (Wildman–Crippen MR) is 78.3 cm³/mol. The highest BCUT2D eigenvalue weighted by atomic mass is 35.5. The average Bonchev–Trinajstić information content (AvgIpc) is 2.87. The summed E-state index contributed by atoms with van der Waals surface area (Å²) in [4.78, 5) is 0. The molecule has 0 aromatic heterocycles. The molecular formula is C14H19Cl2NO2. The van der Waals surface area contributed by atoms with E-state index in [1.165, 1.54) is 0 Å². The van der Waals surface area contributed by atoms with Crippen molar-refractivity contribution in [3.05, 3.63) is 27.7 Å². The van der Waals surface area contributed by atoms with Gasteiger partial charge in [0.2, 0.25) is 0 Å². The Morgan fingerprint density at radius 1 is 1.37 bits per heavy atom. The van der Waals surface area contributed by atoms with E-state index in [1.807, 2.05) is 19.1 Å². The van der Waals surface area contributed by atoms with Crippen LogP contribution in [0.15, 0.2) is 12.1 Å². The Labute approximate surface area is 124 Å². The first-order chi connectivity index (χ1) is 9.20. The molecule has 0 aliphatic carbocycles. The molecule has 0 bridgehead atoms. The van der Waals surface area contributed by atoms with Gasteiger partial charge in [0.15, 0.2) is 5.75 Å². The molecule has 2 rings (SSSR count). The zero-order valence-electron chi connectivity index (χ0n) is 11.0. The van der Waals surface area contributed by atoms with E-state index in [-0.39, 0.29) is 0 Å². The summed E-state index contributed by atoms with van der Waals surface area (Å²) in [5, 5.41) is 4.48. The summed E-state index contributed by atoms with van der Waals surface area (Å²) in [5.41, 5.74) is 1.05. The lowest BCUT2D eigenvalue weighted by Crippen LogP contribution is -2.25. The van der Waals surface area contributed by atoms with Crippen LogP contribution in [-0.4, -0.2) is 25.9 Å². The van der Waals surface area contributed by atoms with Gasteiger partial charge in [0.25, 0.3) is 0 Å². The molecule has 1 saturated heterocycles. The monoisotopic (exact) mass is 303 g/mol. The molecule has 1 aromatic carbocycles. The van der Waals surface area contributed by atoms with Crippen LogP contribution < -0.4 is 10.1 Å². The zero-order valence-corrected chi connectivity index (χ0v) is 12.6. The van der Waals surface area contributed by atoms with E-state index in [2.05, 4.69) is 5.32 Å². The van der Waals surface area contributed by atoms with Gasteiger partial charge in [0.1, 0.15) is 0 Å². The zero-order chi connectivity index (χ0) is 13.7. The first-order valence-electron chi connectivity index (χ1n) is 6.63. The second-order valence-electron chi connectivity index (χ2n) is 4.59. The molecule has 1 heterocycles. The highest BCUT2D eigenvalue weighted by Gasteiger charge is 2.15. The SMILES string of the molecule is CCOc1c(Cl)cc(CNC[C@H]2CCCO2)cc1Cl. The molecule has 0 unspecified atom stereocenters. The molecule has 0 saturated carbocycles. The van der Waals surface area contributed by atoms with Gasteiger partial charge in [-0.25, -0.2) is 0 Å². The van der Waals surface area contributed by atoms with Crippen LogP contribution in [0.2, 0.25) is 10.0 Å². The number of nitrogens with one attached hydrogen (secondary N) is 1. The van der Waals surface area contributed by atoms with Gasteiger partial charge in [-0.3, -0.25) is 0 Å². The average molecular weight is 304 g/mol. The minimum Gasteiger partial charge on any atom is -0.491 e. The van der Waals surface area contributed by atoms with Crippen LogP contribution in [0.1, 0.15) is 25.3 Å². The van der Waals surface area contributed by atoms with Crippen molar-refractivity contribution in [3.63, 3.8) is 0 Å². The lowest BCUT2D eigenvalue weighted by Gasteiger charge is -2.13. The summed E-state index contributed by atoms with van der Waals surface area (Å²) in [6.45, 7) is 4.93. The highest BCUT2D eigenvalue weighted by molar-refractivity contribution is 6.37. The van der Waals surface area contributed by atoms with Crippen molar-refractivity contribution in [3.8, 4) is 5.75 Å². The Bertz CT molecular complexity index is 397. The first-order valence-corrected chi connectivity index (χ1v) is 7.39. The smallest absolute Gasteiger partial charge is 0.156 e. The van der Waals surface area contributed by atoms with Gasteiger partial charge in [-0.1, -0.05) is 23.2 Å². The minimum atomic E-state index is 0.341. The van der Waals surface area contributed by atoms with Crippen molar-refractivity contribution >= 4 is 23.2 Å². The Morgan fingerprint density at radius 2 is 2.11 bits per heavy atom. The van der Waals surface area contributed by atoms with E-state index in [0.717, 1.165) is 38.1 Å². The predicted octanol–water partition coefficient (Wildman–Crippen LogP) is 3.66. The third kappa shape index (κ3) is 4.25. The molecule has 0 radical (unpaired) electrons. The van der Waals surface area contributed by atoms with Gasteiger partial charge in [-0.05, 0) is 37.5 Å². The summed E-state index contributed by atoms with van der Waals surface area (Å²) < 4.78 is 11.0. The number of benzene rings is 1. The summed E-state index contributed by atoms with van der Waals surface area (Å²) in [5.74, 6) is 0.564. The maximum atomic E-state index is 6.16. The molecule has 1 fully saturated rings. The third-order valence-electron chi connectivity index (χ3n) is 3.07. The fraction of sp³-hybridized carbons (Fsp3) is 0.571. The second-order valence-corrected chi connectivity index (χ2v) is 5.40. The van der Waals surface area contributed by atoms with Gasteiger partial charge in [-0.15, -0.1) is 0 Å². The molecule has 19 heavy (non-hydrogen) atoms. The molecule has 1 aromatic rings. The molecule has 106 valence electrons. The standard InChI is InChI=1S/C14H19Cl2NO2/c1-2-18-14-12(15)6-10(7-13(14)16)8-17-9-11-4-3-5-19-11/h6-7,11,17H,2-5,8-9H2,1H3/t11-/m1/s1. The third-order valence-corrected chi connectivity index (χ3v) is 3.63. The van der Waals surface area contributed by atoms with Crippen LogP contribution in [0, 0.1) is 0 Å². The van der Waals surface area contributed by atoms with Crippen molar-refractivity contribution in [1.29, 1.82) is 0 Å². The normalized spacial score (nSPS) is 18.8. The Kier molecular flexibility index (Phi) is 5.76. The lowest BCUT2D eigenvalue weighted by atomic mass is 10.2. The first kappa shape index (κ1) is 14.9. The molecule has 0 amide bonds. The van der Waals surface area contributed by atoms with Crippen molar-refractivity contribution in [2.24, 2.45) is 0 Å². The van der Waals surface area contributed by atoms with E-state index in [9.17, 15) is 0 Å². The maximum Gasteiger partial charge on any atom is 0.156 e. The van der Waals surface area contributed by atoms with E-state index >= 15 is 0 Å². The molecule has 0 spiro atoms. The molecular weight excluding hydrogens is 285 g/mol. The van der Waals surface area contributed by atoms with Gasteiger partial charge in [0, 0.05) is 19.7 Å². The number of halogens is 2. The van der Waals surface area contributed by atoms with Crippen molar-refractivity contribution in [1.82, 2.24) is 5.32 Å². The van der Waals surface area contributed by atoms with Gasteiger partial charge >= 0.3 is 0 Å². The van der Waals surface area contributed by atoms with Crippen LogP contribution >= 0.6 is 23.2 Å². The van der Waals surface area contributed by atoms with Crippen LogP contribution in [0.5, 0.6) is 5.75 Å². The Morgan fingerprint density at radius 3 is 2.68 bits per heavy atom. The van der Waals surface area contributed by atoms with E-state index in [0.29, 0.717) is 28.5 Å². The molecule has 1 aliphatic heterocycles. The summed E-state index contributed by atoms with van der Waals surface area (Å²) >= 11 is 12.3. The Hall–Kier alpha value is -0.480. The Balaban J connectivity index is 1.89. The van der Waals surface area contributed by atoms with E-state index in [4.69, 9.17) is 32.7 Å². The topological polar surface area (TPSA) is 30.5 Å². The molecule has 5 heteroatoms. The number of ether oxygens (including phenoxy) is 2. The van der Waals surface area contributed by atoms with Gasteiger partial charge in [0.05, 0.1) is 22.8 Å². The lowest BCUT2D eigenvalue weighted by molar-refractivity contribution is 0.110. The van der Waals surface area contributed by atoms with Crippen molar-refractivity contribution in [2.45, 2.75) is 32.4 Å². The summed E-state index contributed by atoms with van der Waals surface area (Å²) in [6.07, 6.45) is 2.64. The maximum absolute atomic E-state index is 6.16. The largest absolute Gasteiger partial charge is 0.491 e. The fourth-order valence-corrected chi connectivity index (χ4v) is 2.82. The molecule has 1 N–H and O–H groups in total. The molecule has 3 nitrogen and oxygen atoms in total. The van der Waals surface area contributed by atoms with Crippen LogP contribution in [0.25, 0.3) is 0 Å². The van der Waals surface area contributed by atoms with E-state index in [1.54, 1.807) is 0 Å². The second kappa shape index (κ2) is 7.34. The summed E-state index contributed by atoms with van der Waals surface area (Å²) in [7, 11) is 0. The van der Waals surface area contributed by atoms with Crippen molar-refractivity contribution in [2.75, 3.05) is 19.8 Å². The van der Waals surface area contributed by atoms with Gasteiger partial charge in [-0.2, -0.15) is 0 Å².